The van der Waals surface area contributed by atoms with Crippen LogP contribution in [0.4, 0.5) is 13.2 Å². The van der Waals surface area contributed by atoms with Crippen LogP contribution in [0.15, 0.2) is 48.5 Å². The Morgan fingerprint density at radius 2 is 1.50 bits per heavy atom. The number of hydrogen-bond donors (Lipinski definition) is 2. The summed E-state index contributed by atoms with van der Waals surface area (Å²) in [7, 11) is 0. The molecule has 0 aliphatic carbocycles. The van der Waals surface area contributed by atoms with Crippen molar-refractivity contribution < 1.29 is 27.5 Å². The summed E-state index contributed by atoms with van der Waals surface area (Å²) in [5, 5.41) is 0. The molecule has 0 spiro atoms. The van der Waals surface area contributed by atoms with Gasteiger partial charge in [-0.15, -0.1) is 13.2 Å². The smallest absolute Gasteiger partial charge is 0.406 e. The zero-order valence-corrected chi connectivity index (χ0v) is 13.9. The van der Waals surface area contributed by atoms with E-state index in [0.717, 1.165) is 24.1 Å². The average Bonchev–Trinajstić information content (AvgIpc) is 2.60. The molecule has 0 fully saturated rings. The van der Waals surface area contributed by atoms with Crippen LogP contribution in [0.2, 0.25) is 0 Å². The topological polar surface area (TPSA) is 67.4 Å². The summed E-state index contributed by atoms with van der Waals surface area (Å²) in [5.74, 6) is -1.34. The van der Waals surface area contributed by atoms with E-state index in [4.69, 9.17) is 0 Å². The average molecular weight is 366 g/mol. The van der Waals surface area contributed by atoms with Gasteiger partial charge in [0.1, 0.15) is 5.75 Å². The van der Waals surface area contributed by atoms with Crippen LogP contribution in [0.3, 0.4) is 0 Å². The summed E-state index contributed by atoms with van der Waals surface area (Å²) >= 11 is 0. The molecule has 5 nitrogen and oxygen atoms in total. The van der Waals surface area contributed by atoms with Gasteiger partial charge in [-0.05, 0) is 41.8 Å². The molecule has 0 radical (unpaired) electrons. The lowest BCUT2D eigenvalue weighted by atomic mass is 10.1. The third-order valence-electron chi connectivity index (χ3n) is 3.46. The molecule has 2 amide bonds. The summed E-state index contributed by atoms with van der Waals surface area (Å²) in [5.41, 5.74) is 6.50. The molecule has 8 heteroatoms. The first-order chi connectivity index (χ1) is 12.3. The van der Waals surface area contributed by atoms with Gasteiger partial charge in [0.15, 0.2) is 0 Å². The molecule has 0 atom stereocenters. The number of alkyl halides is 3. The third kappa shape index (κ3) is 6.12. The molecule has 2 rings (SSSR count). The van der Waals surface area contributed by atoms with Gasteiger partial charge in [0.25, 0.3) is 5.91 Å². The lowest BCUT2D eigenvalue weighted by Crippen LogP contribution is -2.42. The standard InChI is InChI=1S/C18H17F3N2O3/c1-2-12-3-7-14(8-4-12)17(25)23-22-16(24)11-13-5-9-15(10-6-13)26-18(19,20)21/h3-10H,2,11H2,1H3,(H,22,24)(H,23,25). The number of halogens is 3. The highest BCUT2D eigenvalue weighted by Crippen LogP contribution is 2.22. The Morgan fingerprint density at radius 3 is 2.04 bits per heavy atom. The molecular weight excluding hydrogens is 349 g/mol. The van der Waals surface area contributed by atoms with Gasteiger partial charge < -0.3 is 4.74 Å². The van der Waals surface area contributed by atoms with E-state index in [9.17, 15) is 22.8 Å². The molecule has 138 valence electrons. The quantitative estimate of drug-likeness (QED) is 0.799. The molecule has 26 heavy (non-hydrogen) atoms. The molecular formula is C18H17F3N2O3. The van der Waals surface area contributed by atoms with Crippen LogP contribution in [-0.4, -0.2) is 18.2 Å². The maximum Gasteiger partial charge on any atom is 0.573 e. The maximum absolute atomic E-state index is 12.1. The van der Waals surface area contributed by atoms with E-state index in [2.05, 4.69) is 15.6 Å². The normalized spacial score (nSPS) is 10.9. The molecule has 0 unspecified atom stereocenters. The maximum atomic E-state index is 12.1. The first-order valence-electron chi connectivity index (χ1n) is 7.79. The van der Waals surface area contributed by atoms with Gasteiger partial charge in [0.05, 0.1) is 6.42 Å². The number of hydrogen-bond acceptors (Lipinski definition) is 3. The van der Waals surface area contributed by atoms with E-state index in [1.807, 2.05) is 19.1 Å². The second-order valence-corrected chi connectivity index (χ2v) is 5.42. The monoisotopic (exact) mass is 366 g/mol. The van der Waals surface area contributed by atoms with Crippen molar-refractivity contribution in [3.8, 4) is 5.75 Å². The van der Waals surface area contributed by atoms with Gasteiger partial charge in [-0.2, -0.15) is 0 Å². The SMILES string of the molecule is CCc1ccc(C(=O)NNC(=O)Cc2ccc(OC(F)(F)F)cc2)cc1. The summed E-state index contributed by atoms with van der Waals surface area (Å²) in [6.07, 6.45) is -4.02. The van der Waals surface area contributed by atoms with E-state index < -0.39 is 18.2 Å². The second-order valence-electron chi connectivity index (χ2n) is 5.42. The van der Waals surface area contributed by atoms with Crippen molar-refractivity contribution in [1.82, 2.24) is 10.9 Å². The molecule has 0 aliphatic rings. The number of amides is 2. The van der Waals surface area contributed by atoms with Gasteiger partial charge in [-0.25, -0.2) is 0 Å². The zero-order valence-electron chi connectivity index (χ0n) is 13.9. The van der Waals surface area contributed by atoms with Crippen molar-refractivity contribution in [2.75, 3.05) is 0 Å². The van der Waals surface area contributed by atoms with E-state index in [1.165, 1.54) is 12.1 Å². The van der Waals surface area contributed by atoms with Crippen LogP contribution in [0.25, 0.3) is 0 Å². The highest BCUT2D eigenvalue weighted by molar-refractivity contribution is 5.95. The number of carbonyl (C=O) groups excluding carboxylic acids is 2. The minimum absolute atomic E-state index is 0.110. The fourth-order valence-electron chi connectivity index (χ4n) is 2.13. The van der Waals surface area contributed by atoms with Crippen LogP contribution in [0.1, 0.15) is 28.4 Å². The van der Waals surface area contributed by atoms with Crippen molar-refractivity contribution in [3.05, 3.63) is 65.2 Å². The van der Waals surface area contributed by atoms with Gasteiger partial charge >= 0.3 is 6.36 Å². The van der Waals surface area contributed by atoms with E-state index in [0.29, 0.717) is 11.1 Å². The van der Waals surface area contributed by atoms with E-state index >= 15 is 0 Å². The number of nitrogens with one attached hydrogen (secondary N) is 2. The Labute approximate surface area is 148 Å². The third-order valence-corrected chi connectivity index (χ3v) is 3.46. The molecule has 2 aromatic carbocycles. The Balaban J connectivity index is 1.83. The Bertz CT molecular complexity index is 757. The molecule has 0 saturated heterocycles. The number of carbonyl (C=O) groups is 2. The Kier molecular flexibility index (Phi) is 6.21. The number of ether oxygens (including phenoxy) is 1. The summed E-state index contributed by atoms with van der Waals surface area (Å²) in [6, 6.07) is 11.9. The van der Waals surface area contributed by atoms with Crippen molar-refractivity contribution >= 4 is 11.8 Å². The molecule has 2 aromatic rings. The summed E-state index contributed by atoms with van der Waals surface area (Å²) in [6.45, 7) is 2.00. The Morgan fingerprint density at radius 1 is 0.923 bits per heavy atom. The number of benzene rings is 2. The molecule has 0 heterocycles. The predicted molar refractivity (Wildman–Crippen MR) is 88.3 cm³/mol. The molecule has 0 aliphatic heterocycles. The van der Waals surface area contributed by atoms with Crippen molar-refractivity contribution in [2.24, 2.45) is 0 Å². The Hall–Kier alpha value is -3.03. The fourth-order valence-corrected chi connectivity index (χ4v) is 2.13. The van der Waals surface area contributed by atoms with Crippen LogP contribution < -0.4 is 15.6 Å². The van der Waals surface area contributed by atoms with Crippen LogP contribution in [-0.2, 0) is 17.6 Å². The van der Waals surface area contributed by atoms with Gasteiger partial charge in [-0.1, -0.05) is 31.2 Å². The van der Waals surface area contributed by atoms with Crippen molar-refractivity contribution in [3.63, 3.8) is 0 Å². The van der Waals surface area contributed by atoms with Gasteiger partial charge in [-0.3, -0.25) is 20.4 Å². The highest BCUT2D eigenvalue weighted by atomic mass is 19.4. The first kappa shape index (κ1) is 19.3. The lowest BCUT2D eigenvalue weighted by Gasteiger charge is -2.10. The number of aryl methyl sites for hydroxylation is 1. The van der Waals surface area contributed by atoms with Crippen molar-refractivity contribution in [2.45, 2.75) is 26.1 Å². The second kappa shape index (κ2) is 8.37. The minimum atomic E-state index is -4.77. The first-order valence-corrected chi connectivity index (χ1v) is 7.79. The predicted octanol–water partition coefficient (Wildman–Crippen LogP) is 3.15. The van der Waals surface area contributed by atoms with E-state index in [-0.39, 0.29) is 12.2 Å². The minimum Gasteiger partial charge on any atom is -0.406 e. The largest absolute Gasteiger partial charge is 0.573 e. The fraction of sp³-hybridized carbons (Fsp3) is 0.222. The van der Waals surface area contributed by atoms with Crippen LogP contribution >= 0.6 is 0 Å². The zero-order chi connectivity index (χ0) is 19.2. The molecule has 0 saturated carbocycles. The lowest BCUT2D eigenvalue weighted by molar-refractivity contribution is -0.274. The summed E-state index contributed by atoms with van der Waals surface area (Å²) in [4.78, 5) is 23.8. The number of hydrazine groups is 1. The van der Waals surface area contributed by atoms with Gasteiger partial charge in [0, 0.05) is 5.56 Å². The van der Waals surface area contributed by atoms with Crippen molar-refractivity contribution in [1.29, 1.82) is 0 Å². The van der Waals surface area contributed by atoms with E-state index in [1.54, 1.807) is 12.1 Å². The molecule has 0 aromatic heterocycles. The summed E-state index contributed by atoms with van der Waals surface area (Å²) < 4.78 is 40.0. The molecule has 2 N–H and O–H groups in total. The van der Waals surface area contributed by atoms with Gasteiger partial charge in [0.2, 0.25) is 5.91 Å². The van der Waals surface area contributed by atoms with Crippen LogP contribution in [0, 0.1) is 0 Å². The molecule has 0 bridgehead atoms. The number of rotatable bonds is 5. The van der Waals surface area contributed by atoms with Crippen LogP contribution in [0.5, 0.6) is 5.75 Å². The highest BCUT2D eigenvalue weighted by Gasteiger charge is 2.30.